The minimum Gasteiger partial charge on any atom is -0.508 e. The summed E-state index contributed by atoms with van der Waals surface area (Å²) in [6.45, 7) is -0.153. The van der Waals surface area contributed by atoms with Crippen LogP contribution in [0.3, 0.4) is 0 Å². The standard InChI is InChI=1S/C42H46O23/c1-15-28(49)34(55)39(65-41-36(57)33(54)30(51)25(63-41)14-58-26(48)9-3-16-2-8-20(45)21(46)10-16)42(59-15)60-19-11-22(47)27-23(12-19)61-37(17-4-6-18(44)7-5-17)38(31(27)52)64-40-35(56)32(53)29(50)24(13-43)62-40/h2-12,15,24-25,28-30,32-36,39-47,49-51,53-57H,13-14H2,1H3/t15-,24+,25+,28-,29+,30+,32-,33-,34+,35+,36+,39+,40-,41-,42-/m0/s1. The highest BCUT2D eigenvalue weighted by atomic mass is 16.8. The van der Waals surface area contributed by atoms with Gasteiger partial charge >= 0.3 is 5.97 Å². The van der Waals surface area contributed by atoms with Gasteiger partial charge in [-0.2, -0.15) is 0 Å². The summed E-state index contributed by atoms with van der Waals surface area (Å²) in [5.74, 6) is -4.11. The first-order valence-electron chi connectivity index (χ1n) is 19.9. The molecule has 0 amide bonds. The summed E-state index contributed by atoms with van der Waals surface area (Å²) in [5.41, 5.74) is -1.01. The van der Waals surface area contributed by atoms with Gasteiger partial charge in [-0.3, -0.25) is 4.79 Å². The molecule has 1 aromatic heterocycles. The summed E-state index contributed by atoms with van der Waals surface area (Å²) in [5, 5.41) is 135. The number of phenolic OH excluding ortho intramolecular Hbond substituents is 4. The second-order valence-corrected chi connectivity index (χ2v) is 15.4. The number of phenols is 4. The minimum absolute atomic E-state index is 0.0975. The molecule has 0 unspecified atom stereocenters. The van der Waals surface area contributed by atoms with Crippen LogP contribution in [0.2, 0.25) is 0 Å². The maximum absolute atomic E-state index is 14.1. The first-order chi connectivity index (χ1) is 30.9. The summed E-state index contributed by atoms with van der Waals surface area (Å²) >= 11 is 0. The molecular formula is C42H46O23. The van der Waals surface area contributed by atoms with Gasteiger partial charge in [0.2, 0.25) is 23.8 Å². The Hall–Kier alpha value is -5.64. The zero-order chi connectivity index (χ0) is 47.0. The van der Waals surface area contributed by atoms with E-state index < -0.39 is 139 Å². The Kier molecular flexibility index (Phi) is 14.2. The van der Waals surface area contributed by atoms with E-state index in [0.717, 1.165) is 18.2 Å². The SMILES string of the molecule is C[C@@H]1O[C@@H](Oc2cc(O)c3c(=O)c(O[C@@H]4O[C@H](CO)[C@@H](O)[C@H](O)[C@H]4O)c(-c4ccc(O)cc4)oc3c2)[C@H](O[C@@H]2O[C@H](COC(=O)C=Cc3ccc(O)c(O)c3)[C@@H](O)[C@H](O)[C@H]2O)[C@H](O)[C@H]1O. The predicted octanol–water partition coefficient (Wildman–Crippen LogP) is -2.24. The van der Waals surface area contributed by atoms with Crippen molar-refractivity contribution in [3.8, 4) is 45.8 Å². The number of carbonyl (C=O) groups excluding carboxylic acids is 1. The number of hydrogen-bond donors (Lipinski definition) is 13. The number of esters is 1. The van der Waals surface area contributed by atoms with Crippen molar-refractivity contribution in [2.24, 2.45) is 0 Å². The van der Waals surface area contributed by atoms with Gasteiger partial charge in [-0.25, -0.2) is 4.79 Å². The van der Waals surface area contributed by atoms with E-state index in [1.165, 1.54) is 55.5 Å². The predicted molar refractivity (Wildman–Crippen MR) is 214 cm³/mol. The number of ether oxygens (including phenoxy) is 7. The van der Waals surface area contributed by atoms with Crippen molar-refractivity contribution in [2.45, 2.75) is 99.0 Å². The molecule has 15 atom stereocenters. The van der Waals surface area contributed by atoms with Gasteiger partial charge in [-0.05, 0) is 55.0 Å². The van der Waals surface area contributed by atoms with Crippen LogP contribution in [0.5, 0.6) is 34.5 Å². The number of fused-ring (bicyclic) bond motifs is 1. The second-order valence-electron chi connectivity index (χ2n) is 15.4. The van der Waals surface area contributed by atoms with Crippen molar-refractivity contribution in [3.63, 3.8) is 0 Å². The third-order valence-corrected chi connectivity index (χ3v) is 10.9. The topological polar surface area (TPSA) is 375 Å². The molecule has 3 aliphatic rings. The number of rotatable bonds is 12. The summed E-state index contributed by atoms with van der Waals surface area (Å²) in [6.07, 6.45) is -24.2. The quantitative estimate of drug-likeness (QED) is 0.0406. The molecule has 352 valence electrons. The van der Waals surface area contributed by atoms with Gasteiger partial charge in [0.15, 0.2) is 29.7 Å². The molecule has 13 N–H and O–H groups in total. The van der Waals surface area contributed by atoms with Crippen molar-refractivity contribution >= 4 is 23.0 Å². The van der Waals surface area contributed by atoms with E-state index in [1.54, 1.807) is 0 Å². The van der Waals surface area contributed by atoms with Gasteiger partial charge in [-0.15, -0.1) is 0 Å². The first-order valence-corrected chi connectivity index (χ1v) is 19.9. The van der Waals surface area contributed by atoms with Crippen LogP contribution < -0.4 is 14.9 Å². The molecule has 7 rings (SSSR count). The number of hydrogen-bond acceptors (Lipinski definition) is 23. The molecule has 0 aliphatic carbocycles. The van der Waals surface area contributed by atoms with Crippen molar-refractivity contribution in [1.82, 2.24) is 0 Å². The van der Waals surface area contributed by atoms with Crippen LogP contribution in [0.25, 0.3) is 28.4 Å². The molecule has 4 aromatic rings. The molecule has 0 spiro atoms. The summed E-state index contributed by atoms with van der Waals surface area (Å²) < 4.78 is 45.6. The lowest BCUT2D eigenvalue weighted by Gasteiger charge is -2.45. The monoisotopic (exact) mass is 918 g/mol. The maximum atomic E-state index is 14.1. The molecule has 23 nitrogen and oxygen atoms in total. The molecular weight excluding hydrogens is 872 g/mol. The van der Waals surface area contributed by atoms with Crippen LogP contribution >= 0.6 is 0 Å². The largest absolute Gasteiger partial charge is 0.508 e. The average Bonchev–Trinajstić information content (AvgIpc) is 3.27. The van der Waals surface area contributed by atoms with Gasteiger partial charge in [0.1, 0.15) is 95.9 Å². The molecule has 3 saturated heterocycles. The number of carbonyl (C=O) groups is 1. The molecule has 3 aromatic carbocycles. The molecule has 0 bridgehead atoms. The van der Waals surface area contributed by atoms with Gasteiger partial charge in [0, 0.05) is 23.8 Å². The van der Waals surface area contributed by atoms with E-state index >= 15 is 0 Å². The van der Waals surface area contributed by atoms with E-state index in [0.29, 0.717) is 5.56 Å². The maximum Gasteiger partial charge on any atom is 0.330 e. The van der Waals surface area contributed by atoms with Crippen LogP contribution in [0.15, 0.2) is 69.9 Å². The summed E-state index contributed by atoms with van der Waals surface area (Å²) in [6, 6.07) is 10.9. The average molecular weight is 919 g/mol. The summed E-state index contributed by atoms with van der Waals surface area (Å²) in [4.78, 5) is 26.6. The van der Waals surface area contributed by atoms with Gasteiger partial charge in [0.25, 0.3) is 0 Å². The van der Waals surface area contributed by atoms with E-state index in [-0.39, 0.29) is 34.2 Å². The zero-order valence-corrected chi connectivity index (χ0v) is 33.8. The lowest BCUT2D eigenvalue weighted by atomic mass is 9.97. The Morgan fingerprint density at radius 3 is 2.02 bits per heavy atom. The highest BCUT2D eigenvalue weighted by molar-refractivity contribution is 5.88. The molecule has 0 radical (unpaired) electrons. The molecule has 4 heterocycles. The van der Waals surface area contributed by atoms with Crippen LogP contribution in [0.4, 0.5) is 0 Å². The van der Waals surface area contributed by atoms with Crippen LogP contribution in [0.1, 0.15) is 12.5 Å². The third kappa shape index (κ3) is 9.83. The van der Waals surface area contributed by atoms with E-state index in [2.05, 4.69) is 0 Å². The number of aliphatic hydroxyl groups is 9. The van der Waals surface area contributed by atoms with Gasteiger partial charge in [-0.1, -0.05) is 6.07 Å². The minimum atomic E-state index is -2.01. The fraction of sp³-hybridized carbons (Fsp3) is 0.429. The number of aromatic hydroxyl groups is 4. The highest BCUT2D eigenvalue weighted by Crippen LogP contribution is 2.39. The lowest BCUT2D eigenvalue weighted by Crippen LogP contribution is -2.64. The van der Waals surface area contributed by atoms with E-state index in [9.17, 15) is 76.0 Å². The molecule has 0 saturated carbocycles. The van der Waals surface area contributed by atoms with E-state index in [4.69, 9.17) is 37.6 Å². The molecule has 3 aliphatic heterocycles. The molecule has 23 heteroatoms. The fourth-order valence-electron chi connectivity index (χ4n) is 7.24. The van der Waals surface area contributed by atoms with Crippen LogP contribution in [0, 0.1) is 0 Å². The number of aliphatic hydroxyl groups excluding tert-OH is 9. The van der Waals surface area contributed by atoms with E-state index in [1.807, 2.05) is 0 Å². The third-order valence-electron chi connectivity index (χ3n) is 10.9. The first kappa shape index (κ1) is 47.3. The fourth-order valence-corrected chi connectivity index (χ4v) is 7.24. The Balaban J connectivity index is 1.14. The smallest absolute Gasteiger partial charge is 0.330 e. The highest BCUT2D eigenvalue weighted by Gasteiger charge is 2.51. The van der Waals surface area contributed by atoms with Crippen molar-refractivity contribution < 1.29 is 109 Å². The Labute approximate surface area is 365 Å². The Morgan fingerprint density at radius 1 is 0.677 bits per heavy atom. The Bertz CT molecular complexity index is 2400. The zero-order valence-electron chi connectivity index (χ0n) is 33.8. The number of benzene rings is 3. The lowest BCUT2D eigenvalue weighted by molar-refractivity contribution is -0.355. The van der Waals surface area contributed by atoms with Gasteiger partial charge in [0.05, 0.1) is 12.7 Å². The summed E-state index contributed by atoms with van der Waals surface area (Å²) in [7, 11) is 0. The Morgan fingerprint density at radius 2 is 1.34 bits per heavy atom. The molecule has 3 fully saturated rings. The second kappa shape index (κ2) is 19.4. The van der Waals surface area contributed by atoms with Crippen molar-refractivity contribution in [3.05, 3.63) is 76.5 Å². The molecule has 65 heavy (non-hydrogen) atoms. The van der Waals surface area contributed by atoms with Crippen molar-refractivity contribution in [1.29, 1.82) is 0 Å². The van der Waals surface area contributed by atoms with Crippen LogP contribution in [-0.2, 0) is 28.5 Å². The van der Waals surface area contributed by atoms with Gasteiger partial charge < -0.3 is 104 Å². The van der Waals surface area contributed by atoms with Crippen molar-refractivity contribution in [2.75, 3.05) is 13.2 Å². The normalized spacial score (nSPS) is 32.9. The van der Waals surface area contributed by atoms with Crippen LogP contribution in [-0.4, -0.2) is 178 Å².